The molecule has 0 radical (unpaired) electrons. The maximum atomic E-state index is 12.0. The average Bonchev–Trinajstić information content (AvgIpc) is 3.11. The van der Waals surface area contributed by atoms with Gasteiger partial charge in [0.25, 0.3) is 5.91 Å². The van der Waals surface area contributed by atoms with Gasteiger partial charge in [-0.15, -0.1) is 0 Å². The average molecular weight is 372 g/mol. The molecule has 1 aromatic carbocycles. The van der Waals surface area contributed by atoms with Crippen LogP contribution in [0.2, 0.25) is 0 Å². The number of hydrazine groups is 1. The van der Waals surface area contributed by atoms with Crippen LogP contribution >= 0.6 is 12.2 Å². The summed E-state index contributed by atoms with van der Waals surface area (Å²) in [6.07, 6.45) is 4.21. The topological polar surface area (TPSA) is 112 Å². The maximum absolute atomic E-state index is 12.0. The van der Waals surface area contributed by atoms with Crippen LogP contribution in [0.25, 0.3) is 6.08 Å². The Hall–Kier alpha value is -3.46. The van der Waals surface area contributed by atoms with Crippen LogP contribution in [0.1, 0.15) is 23.0 Å². The summed E-state index contributed by atoms with van der Waals surface area (Å²) in [5.41, 5.74) is 5.71. The summed E-state index contributed by atoms with van der Waals surface area (Å²) in [7, 11) is 0. The number of amides is 3. The van der Waals surface area contributed by atoms with E-state index in [1.165, 1.54) is 37.5 Å². The van der Waals surface area contributed by atoms with E-state index in [0.717, 1.165) is 0 Å². The summed E-state index contributed by atoms with van der Waals surface area (Å²) in [5, 5.41) is 4.90. The van der Waals surface area contributed by atoms with E-state index < -0.39 is 11.8 Å². The van der Waals surface area contributed by atoms with Crippen LogP contribution in [0, 0.1) is 0 Å². The SMILES string of the molecule is CC(=O)Nc1ccc(C(=O)NNC(=S)NC(=O)/C=C/c2ccco2)cc1. The van der Waals surface area contributed by atoms with Crippen molar-refractivity contribution in [2.75, 3.05) is 5.32 Å². The Kier molecular flexibility index (Phi) is 6.63. The molecule has 0 fully saturated rings. The fraction of sp³-hybridized carbons (Fsp3) is 0.0588. The van der Waals surface area contributed by atoms with E-state index in [1.54, 1.807) is 24.3 Å². The third-order valence-corrected chi connectivity index (χ3v) is 3.14. The van der Waals surface area contributed by atoms with Gasteiger partial charge in [0, 0.05) is 24.3 Å². The zero-order valence-corrected chi connectivity index (χ0v) is 14.6. The van der Waals surface area contributed by atoms with Crippen LogP contribution in [0.4, 0.5) is 5.69 Å². The molecule has 0 bridgehead atoms. The lowest BCUT2D eigenvalue weighted by molar-refractivity contribution is -0.115. The van der Waals surface area contributed by atoms with E-state index in [4.69, 9.17) is 16.6 Å². The highest BCUT2D eigenvalue weighted by molar-refractivity contribution is 7.80. The Balaban J connectivity index is 1.78. The van der Waals surface area contributed by atoms with Crippen molar-refractivity contribution >= 4 is 46.8 Å². The Labute approximate surface area is 154 Å². The first-order valence-corrected chi connectivity index (χ1v) is 7.85. The monoisotopic (exact) mass is 372 g/mol. The van der Waals surface area contributed by atoms with E-state index >= 15 is 0 Å². The molecule has 0 atom stereocenters. The van der Waals surface area contributed by atoms with E-state index in [2.05, 4.69) is 21.5 Å². The smallest absolute Gasteiger partial charge is 0.269 e. The van der Waals surface area contributed by atoms with Gasteiger partial charge in [0.15, 0.2) is 5.11 Å². The minimum Gasteiger partial charge on any atom is -0.465 e. The molecule has 2 rings (SSSR count). The Morgan fingerprint density at radius 1 is 1.08 bits per heavy atom. The van der Waals surface area contributed by atoms with Crippen molar-refractivity contribution in [2.24, 2.45) is 0 Å². The van der Waals surface area contributed by atoms with Crippen molar-refractivity contribution in [3.05, 3.63) is 60.1 Å². The second kappa shape index (κ2) is 9.14. The van der Waals surface area contributed by atoms with Gasteiger partial charge < -0.3 is 9.73 Å². The van der Waals surface area contributed by atoms with Crippen LogP contribution in [0.15, 0.2) is 53.2 Å². The van der Waals surface area contributed by atoms with Gasteiger partial charge in [0.1, 0.15) is 5.76 Å². The Bertz CT molecular complexity index is 829. The predicted octanol–water partition coefficient (Wildman–Crippen LogP) is 1.59. The van der Waals surface area contributed by atoms with Crippen LogP contribution in [0.3, 0.4) is 0 Å². The molecule has 3 amide bonds. The maximum Gasteiger partial charge on any atom is 0.269 e. The summed E-state index contributed by atoms with van der Waals surface area (Å²) in [6.45, 7) is 1.39. The second-order valence-electron chi connectivity index (χ2n) is 5.00. The van der Waals surface area contributed by atoms with Gasteiger partial charge in [-0.05, 0) is 54.7 Å². The largest absolute Gasteiger partial charge is 0.465 e. The number of carbonyl (C=O) groups is 3. The fourth-order valence-electron chi connectivity index (χ4n) is 1.82. The highest BCUT2D eigenvalue weighted by Gasteiger charge is 2.07. The van der Waals surface area contributed by atoms with E-state index in [9.17, 15) is 14.4 Å². The number of hydrogen-bond acceptors (Lipinski definition) is 5. The zero-order valence-electron chi connectivity index (χ0n) is 13.7. The highest BCUT2D eigenvalue weighted by atomic mass is 32.1. The van der Waals surface area contributed by atoms with E-state index in [-0.39, 0.29) is 11.0 Å². The van der Waals surface area contributed by atoms with Gasteiger partial charge >= 0.3 is 0 Å². The number of anilines is 1. The van der Waals surface area contributed by atoms with Gasteiger partial charge in [-0.2, -0.15) is 0 Å². The molecule has 0 spiro atoms. The van der Waals surface area contributed by atoms with Crippen molar-refractivity contribution in [1.82, 2.24) is 16.2 Å². The molecule has 134 valence electrons. The van der Waals surface area contributed by atoms with Crippen molar-refractivity contribution in [1.29, 1.82) is 0 Å². The molecule has 1 aromatic heterocycles. The first-order chi connectivity index (χ1) is 12.4. The number of rotatable bonds is 4. The van der Waals surface area contributed by atoms with Crippen molar-refractivity contribution in [3.63, 3.8) is 0 Å². The van der Waals surface area contributed by atoms with Gasteiger partial charge in [-0.1, -0.05) is 0 Å². The van der Waals surface area contributed by atoms with Crippen LogP contribution in [-0.2, 0) is 9.59 Å². The van der Waals surface area contributed by atoms with E-state index in [1.807, 2.05) is 0 Å². The first-order valence-electron chi connectivity index (χ1n) is 7.44. The normalized spacial score (nSPS) is 10.2. The fourth-order valence-corrected chi connectivity index (χ4v) is 1.97. The molecule has 0 saturated carbocycles. The molecule has 1 heterocycles. The summed E-state index contributed by atoms with van der Waals surface area (Å²) < 4.78 is 5.05. The molecule has 0 unspecified atom stereocenters. The summed E-state index contributed by atoms with van der Waals surface area (Å²) in [6, 6.07) is 9.65. The zero-order chi connectivity index (χ0) is 18.9. The minimum atomic E-state index is -0.479. The molecule has 2 aromatic rings. The van der Waals surface area contributed by atoms with Crippen molar-refractivity contribution in [2.45, 2.75) is 6.92 Å². The summed E-state index contributed by atoms with van der Waals surface area (Å²) in [4.78, 5) is 34.6. The van der Waals surface area contributed by atoms with Crippen molar-refractivity contribution in [3.8, 4) is 0 Å². The van der Waals surface area contributed by atoms with Gasteiger partial charge in [0.2, 0.25) is 11.8 Å². The molecule has 9 heteroatoms. The molecule has 0 aliphatic rings. The standard InChI is InChI=1S/C17H16N4O4S/c1-11(22)18-13-6-4-12(5-7-13)16(24)20-21-17(26)19-15(23)9-8-14-3-2-10-25-14/h2-10H,1H3,(H,18,22)(H,20,24)(H2,19,21,23,26)/b9-8+. The third-order valence-electron chi connectivity index (χ3n) is 2.94. The van der Waals surface area contributed by atoms with Gasteiger partial charge in [-0.25, -0.2) is 0 Å². The first kappa shape index (κ1) is 18.9. The van der Waals surface area contributed by atoms with E-state index in [0.29, 0.717) is 17.0 Å². The Morgan fingerprint density at radius 2 is 1.81 bits per heavy atom. The molecule has 0 saturated heterocycles. The van der Waals surface area contributed by atoms with Crippen molar-refractivity contribution < 1.29 is 18.8 Å². The number of carbonyl (C=O) groups excluding carboxylic acids is 3. The summed E-state index contributed by atoms with van der Waals surface area (Å²) in [5.74, 6) is -0.615. The molecule has 4 N–H and O–H groups in total. The molecule has 0 aliphatic carbocycles. The summed E-state index contributed by atoms with van der Waals surface area (Å²) >= 11 is 4.92. The number of hydrogen-bond donors (Lipinski definition) is 4. The molecular formula is C17H16N4O4S. The molecule has 26 heavy (non-hydrogen) atoms. The highest BCUT2D eigenvalue weighted by Crippen LogP contribution is 2.09. The second-order valence-corrected chi connectivity index (χ2v) is 5.41. The van der Waals surface area contributed by atoms with Gasteiger partial charge in [0.05, 0.1) is 6.26 Å². The molecule has 8 nitrogen and oxygen atoms in total. The third kappa shape index (κ3) is 6.21. The van der Waals surface area contributed by atoms with Crippen LogP contribution in [-0.4, -0.2) is 22.8 Å². The Morgan fingerprint density at radius 3 is 2.42 bits per heavy atom. The quantitative estimate of drug-likeness (QED) is 0.368. The van der Waals surface area contributed by atoms with Gasteiger partial charge in [-0.3, -0.25) is 30.6 Å². The van der Waals surface area contributed by atoms with Crippen LogP contribution < -0.4 is 21.5 Å². The molecule has 0 aliphatic heterocycles. The minimum absolute atomic E-state index is 0.0673. The number of benzene rings is 1. The lowest BCUT2D eigenvalue weighted by atomic mass is 10.2. The van der Waals surface area contributed by atoms with Crippen LogP contribution in [0.5, 0.6) is 0 Å². The lowest BCUT2D eigenvalue weighted by Crippen LogP contribution is -2.48. The predicted molar refractivity (Wildman–Crippen MR) is 99.8 cm³/mol. The lowest BCUT2D eigenvalue weighted by Gasteiger charge is -2.10. The number of thiocarbonyl (C=S) groups is 1. The number of nitrogens with one attached hydrogen (secondary N) is 4. The number of furan rings is 1. The molecular weight excluding hydrogens is 356 g/mol.